The molecule has 0 saturated heterocycles. The number of hydrogen-bond donors (Lipinski definition) is 2. The minimum absolute atomic E-state index is 0.241. The zero-order chi connectivity index (χ0) is 14.0. The third kappa shape index (κ3) is 9.15. The van der Waals surface area contributed by atoms with Gasteiger partial charge in [-0.3, -0.25) is 4.79 Å². The van der Waals surface area contributed by atoms with Crippen molar-refractivity contribution in [3.05, 3.63) is 0 Å². The highest BCUT2D eigenvalue weighted by atomic mass is 32.2. The molecular formula is C12H24N2O3S. The molecule has 0 aromatic heterocycles. The molecule has 0 aliphatic carbocycles. The number of carbonyl (C=O) groups is 2. The second-order valence-corrected chi connectivity index (χ2v) is 5.59. The van der Waals surface area contributed by atoms with Gasteiger partial charge in [0, 0.05) is 13.1 Å². The van der Waals surface area contributed by atoms with E-state index in [1.807, 2.05) is 13.8 Å². The third-order valence-electron chi connectivity index (χ3n) is 2.25. The summed E-state index contributed by atoms with van der Waals surface area (Å²) < 4.78 is 0. The van der Waals surface area contributed by atoms with Crippen molar-refractivity contribution in [1.82, 2.24) is 10.2 Å². The Morgan fingerprint density at radius 2 is 2.00 bits per heavy atom. The Morgan fingerprint density at radius 3 is 2.50 bits per heavy atom. The van der Waals surface area contributed by atoms with Crippen LogP contribution in [0.3, 0.4) is 0 Å². The summed E-state index contributed by atoms with van der Waals surface area (Å²) in [5, 5.41) is 11.5. The van der Waals surface area contributed by atoms with Gasteiger partial charge in [0.05, 0.1) is 0 Å². The van der Waals surface area contributed by atoms with Gasteiger partial charge in [0.15, 0.2) is 0 Å². The molecule has 106 valence electrons. The molecule has 0 saturated carbocycles. The van der Waals surface area contributed by atoms with Crippen molar-refractivity contribution < 1.29 is 14.7 Å². The van der Waals surface area contributed by atoms with E-state index in [0.29, 0.717) is 13.1 Å². The molecule has 0 aliphatic heterocycles. The molecule has 0 aliphatic rings. The second kappa shape index (κ2) is 10.1. The van der Waals surface area contributed by atoms with Crippen LogP contribution in [0.15, 0.2) is 0 Å². The number of urea groups is 1. The number of nitrogens with one attached hydrogen (secondary N) is 1. The highest BCUT2D eigenvalue weighted by Gasteiger charge is 2.17. The van der Waals surface area contributed by atoms with E-state index in [1.54, 1.807) is 11.8 Å². The number of carboxylic acid groups (broad SMARTS) is 1. The number of amides is 2. The van der Waals surface area contributed by atoms with Crippen molar-refractivity contribution in [3.8, 4) is 0 Å². The minimum atomic E-state index is -0.979. The number of thioether (sulfide) groups is 1. The van der Waals surface area contributed by atoms with Crippen molar-refractivity contribution in [1.29, 1.82) is 0 Å². The van der Waals surface area contributed by atoms with Gasteiger partial charge >= 0.3 is 12.0 Å². The SMILES string of the molecule is CSCCCCNC(=O)N(CC(=O)O)CC(C)C. The number of rotatable bonds is 9. The Morgan fingerprint density at radius 1 is 1.33 bits per heavy atom. The Bertz CT molecular complexity index is 260. The molecule has 0 fully saturated rings. The fourth-order valence-corrected chi connectivity index (χ4v) is 1.99. The summed E-state index contributed by atoms with van der Waals surface area (Å²) in [5.41, 5.74) is 0. The van der Waals surface area contributed by atoms with Gasteiger partial charge < -0.3 is 15.3 Å². The lowest BCUT2D eigenvalue weighted by molar-refractivity contribution is -0.137. The van der Waals surface area contributed by atoms with E-state index in [1.165, 1.54) is 4.90 Å². The van der Waals surface area contributed by atoms with Gasteiger partial charge in [0.2, 0.25) is 0 Å². The summed E-state index contributed by atoms with van der Waals surface area (Å²) in [5.74, 6) is 0.362. The van der Waals surface area contributed by atoms with Crippen molar-refractivity contribution >= 4 is 23.8 Å². The first-order chi connectivity index (χ1) is 8.47. The van der Waals surface area contributed by atoms with Gasteiger partial charge in [0.25, 0.3) is 0 Å². The first-order valence-corrected chi connectivity index (χ1v) is 7.60. The standard InChI is InChI=1S/C12H24N2O3S/c1-10(2)8-14(9-11(15)16)12(17)13-6-4-5-7-18-3/h10H,4-9H2,1-3H3,(H,13,17)(H,15,16). The number of unbranched alkanes of at least 4 members (excludes halogenated alkanes) is 1. The lowest BCUT2D eigenvalue weighted by Gasteiger charge is -2.23. The summed E-state index contributed by atoms with van der Waals surface area (Å²) in [6.07, 6.45) is 4.04. The predicted octanol–water partition coefficient (Wildman–Crippen LogP) is 1.88. The summed E-state index contributed by atoms with van der Waals surface area (Å²) in [6.45, 7) is 4.74. The van der Waals surface area contributed by atoms with E-state index >= 15 is 0 Å². The van der Waals surface area contributed by atoms with Gasteiger partial charge in [-0.1, -0.05) is 13.8 Å². The van der Waals surface area contributed by atoms with Gasteiger partial charge in [-0.2, -0.15) is 11.8 Å². The molecule has 0 atom stereocenters. The van der Waals surface area contributed by atoms with E-state index in [2.05, 4.69) is 11.6 Å². The molecule has 0 aromatic carbocycles. The summed E-state index contributed by atoms with van der Waals surface area (Å²) >= 11 is 1.78. The molecule has 2 N–H and O–H groups in total. The quantitative estimate of drug-likeness (QED) is 0.631. The molecule has 0 aromatic rings. The topological polar surface area (TPSA) is 69.6 Å². The first kappa shape index (κ1) is 17.1. The molecule has 0 radical (unpaired) electrons. The summed E-state index contributed by atoms with van der Waals surface area (Å²) in [7, 11) is 0. The molecule has 0 spiro atoms. The first-order valence-electron chi connectivity index (χ1n) is 6.20. The van der Waals surface area contributed by atoms with E-state index < -0.39 is 5.97 Å². The summed E-state index contributed by atoms with van der Waals surface area (Å²) in [4.78, 5) is 23.8. The molecule has 0 rings (SSSR count). The van der Waals surface area contributed by atoms with Gasteiger partial charge in [-0.25, -0.2) is 4.79 Å². The van der Waals surface area contributed by atoms with Crippen molar-refractivity contribution in [2.45, 2.75) is 26.7 Å². The van der Waals surface area contributed by atoms with E-state index in [0.717, 1.165) is 18.6 Å². The smallest absolute Gasteiger partial charge is 0.323 e. The molecule has 0 bridgehead atoms. The molecule has 18 heavy (non-hydrogen) atoms. The Hall–Kier alpha value is -0.910. The number of nitrogens with zero attached hydrogens (tertiary/aromatic N) is 1. The third-order valence-corrected chi connectivity index (χ3v) is 2.95. The zero-order valence-corrected chi connectivity index (χ0v) is 12.3. The Balaban J connectivity index is 4.00. The molecule has 6 heteroatoms. The summed E-state index contributed by atoms with van der Waals surface area (Å²) in [6, 6.07) is -0.282. The van der Waals surface area contributed by atoms with Crippen LogP contribution in [0.25, 0.3) is 0 Å². The molecule has 2 amide bonds. The average Bonchev–Trinajstić information content (AvgIpc) is 2.26. The van der Waals surface area contributed by atoms with Crippen LogP contribution >= 0.6 is 11.8 Å². The van der Waals surface area contributed by atoms with Crippen molar-refractivity contribution in [2.24, 2.45) is 5.92 Å². The van der Waals surface area contributed by atoms with Gasteiger partial charge in [-0.05, 0) is 30.8 Å². The minimum Gasteiger partial charge on any atom is -0.480 e. The van der Waals surface area contributed by atoms with Gasteiger partial charge in [-0.15, -0.1) is 0 Å². The highest BCUT2D eigenvalue weighted by molar-refractivity contribution is 7.98. The number of hydrogen-bond acceptors (Lipinski definition) is 3. The molecule has 0 unspecified atom stereocenters. The monoisotopic (exact) mass is 276 g/mol. The average molecular weight is 276 g/mol. The van der Waals surface area contributed by atoms with Gasteiger partial charge in [0.1, 0.15) is 6.54 Å². The Labute approximate surface area is 113 Å². The fourth-order valence-electron chi connectivity index (χ4n) is 1.50. The maximum atomic E-state index is 11.8. The van der Waals surface area contributed by atoms with Crippen LogP contribution in [-0.4, -0.2) is 53.6 Å². The van der Waals surface area contributed by atoms with Crippen molar-refractivity contribution in [2.75, 3.05) is 31.6 Å². The molecule has 0 heterocycles. The fraction of sp³-hybridized carbons (Fsp3) is 0.833. The van der Waals surface area contributed by atoms with E-state index in [-0.39, 0.29) is 18.5 Å². The molecular weight excluding hydrogens is 252 g/mol. The Kier molecular flexibility index (Phi) is 9.55. The second-order valence-electron chi connectivity index (χ2n) is 4.60. The van der Waals surface area contributed by atoms with Crippen LogP contribution in [0.5, 0.6) is 0 Å². The van der Waals surface area contributed by atoms with Crippen molar-refractivity contribution in [3.63, 3.8) is 0 Å². The maximum Gasteiger partial charge on any atom is 0.323 e. The van der Waals surface area contributed by atoms with Crippen LogP contribution in [0.2, 0.25) is 0 Å². The zero-order valence-electron chi connectivity index (χ0n) is 11.4. The van der Waals surface area contributed by atoms with Crippen LogP contribution in [0.4, 0.5) is 4.79 Å². The number of carbonyl (C=O) groups excluding carboxylic acids is 1. The number of carboxylic acids is 1. The van der Waals surface area contributed by atoms with Crippen LogP contribution < -0.4 is 5.32 Å². The van der Waals surface area contributed by atoms with Crippen LogP contribution in [0, 0.1) is 5.92 Å². The van der Waals surface area contributed by atoms with E-state index in [9.17, 15) is 9.59 Å². The van der Waals surface area contributed by atoms with Crippen LogP contribution in [-0.2, 0) is 4.79 Å². The highest BCUT2D eigenvalue weighted by Crippen LogP contribution is 2.01. The normalized spacial score (nSPS) is 10.4. The van der Waals surface area contributed by atoms with Crippen LogP contribution in [0.1, 0.15) is 26.7 Å². The number of aliphatic carboxylic acids is 1. The lowest BCUT2D eigenvalue weighted by Crippen LogP contribution is -2.44. The van der Waals surface area contributed by atoms with E-state index in [4.69, 9.17) is 5.11 Å². The maximum absolute atomic E-state index is 11.8. The lowest BCUT2D eigenvalue weighted by atomic mass is 10.2. The largest absolute Gasteiger partial charge is 0.480 e. The molecule has 5 nitrogen and oxygen atoms in total. The predicted molar refractivity (Wildman–Crippen MR) is 75.1 cm³/mol.